The smallest absolute Gasteiger partial charge is 0.293 e. The summed E-state index contributed by atoms with van der Waals surface area (Å²) < 4.78 is 29.4. The Morgan fingerprint density at radius 1 is 1.06 bits per heavy atom. The van der Waals surface area contributed by atoms with Crippen LogP contribution in [-0.4, -0.2) is 22.8 Å². The molecule has 6 nitrogen and oxygen atoms in total. The van der Waals surface area contributed by atoms with E-state index in [0.29, 0.717) is 39.2 Å². The monoisotopic (exact) mass is 457 g/mol. The van der Waals surface area contributed by atoms with Crippen molar-refractivity contribution in [2.24, 2.45) is 0 Å². The number of hydrogen-bond donors (Lipinski definition) is 0. The number of nitrogens with zero attached hydrogens (tertiary/aromatic N) is 1. The van der Waals surface area contributed by atoms with E-state index in [4.69, 9.17) is 25.5 Å². The molecule has 0 radical (unpaired) electrons. The molecule has 0 bridgehead atoms. The van der Waals surface area contributed by atoms with Crippen LogP contribution in [0.25, 0.3) is 17.4 Å². The third-order valence-electron chi connectivity index (χ3n) is 4.77. The van der Waals surface area contributed by atoms with Crippen LogP contribution in [0.3, 0.4) is 0 Å². The van der Waals surface area contributed by atoms with E-state index in [2.05, 4.69) is 0 Å². The maximum Gasteiger partial charge on any atom is 0.293 e. The first-order valence-corrected chi connectivity index (χ1v) is 10.4. The number of amides is 2. The number of rotatable bonds is 4. The summed E-state index contributed by atoms with van der Waals surface area (Å²) in [7, 11) is 0. The number of ether oxygens (including phenoxy) is 2. The van der Waals surface area contributed by atoms with E-state index < -0.39 is 11.1 Å². The summed E-state index contributed by atoms with van der Waals surface area (Å²) in [5.74, 6) is 1.20. The van der Waals surface area contributed by atoms with Gasteiger partial charge in [0, 0.05) is 22.7 Å². The Bertz CT molecular complexity index is 1240. The maximum atomic E-state index is 13.1. The van der Waals surface area contributed by atoms with Gasteiger partial charge in [-0.3, -0.25) is 14.5 Å². The number of halogens is 2. The number of hydrogen-bond acceptors (Lipinski definition) is 6. The molecule has 31 heavy (non-hydrogen) atoms. The molecule has 156 valence electrons. The molecule has 5 rings (SSSR count). The van der Waals surface area contributed by atoms with Gasteiger partial charge in [-0.15, -0.1) is 0 Å². The maximum absolute atomic E-state index is 13.1. The van der Waals surface area contributed by atoms with E-state index in [1.54, 1.807) is 36.4 Å². The fourth-order valence-corrected chi connectivity index (χ4v) is 4.25. The zero-order chi connectivity index (χ0) is 21.5. The number of benzene rings is 2. The normalized spacial score (nSPS) is 16.6. The lowest BCUT2D eigenvalue weighted by molar-refractivity contribution is -0.123. The summed E-state index contributed by atoms with van der Waals surface area (Å²) in [6.07, 6.45) is 1.51. The first-order valence-electron chi connectivity index (χ1n) is 9.17. The SMILES string of the molecule is O=C1S/C(=C/c2ccc(-c3ccc(F)cc3)o2)C(=O)N1Cc1cc2c(cc1Cl)OCO2. The molecule has 3 heterocycles. The standard InChI is InChI=1S/C22H13ClFNO5S/c23-16-9-19-18(28-11-29-19)7-13(16)10-25-21(26)20(31-22(25)27)8-15-5-6-17(30-15)12-1-3-14(24)4-2-12/h1-9H,10-11H2/b20-8+. The van der Waals surface area contributed by atoms with Gasteiger partial charge in [0.2, 0.25) is 6.79 Å². The van der Waals surface area contributed by atoms with E-state index >= 15 is 0 Å². The molecule has 3 aromatic rings. The molecule has 2 amide bonds. The predicted octanol–water partition coefficient (Wildman–Crippen LogP) is 5.70. The number of fused-ring (bicyclic) bond motifs is 1. The minimum Gasteiger partial charge on any atom is -0.457 e. The largest absolute Gasteiger partial charge is 0.457 e. The molecule has 2 aliphatic heterocycles. The summed E-state index contributed by atoms with van der Waals surface area (Å²) >= 11 is 7.10. The second kappa shape index (κ2) is 7.79. The van der Waals surface area contributed by atoms with E-state index in [-0.39, 0.29) is 24.1 Å². The third-order valence-corrected chi connectivity index (χ3v) is 6.03. The Morgan fingerprint density at radius 3 is 2.58 bits per heavy atom. The van der Waals surface area contributed by atoms with Crippen LogP contribution in [-0.2, 0) is 11.3 Å². The minimum atomic E-state index is -0.441. The fraction of sp³-hybridized carbons (Fsp3) is 0.0909. The Hall–Kier alpha value is -3.23. The van der Waals surface area contributed by atoms with Crippen LogP contribution in [0.1, 0.15) is 11.3 Å². The quantitative estimate of drug-likeness (QED) is 0.468. The van der Waals surface area contributed by atoms with Crippen molar-refractivity contribution in [1.82, 2.24) is 4.90 Å². The summed E-state index contributed by atoms with van der Waals surface area (Å²) in [6.45, 7) is 0.110. The van der Waals surface area contributed by atoms with Crippen molar-refractivity contribution >= 4 is 40.6 Å². The second-order valence-electron chi connectivity index (χ2n) is 6.77. The zero-order valence-electron chi connectivity index (χ0n) is 15.8. The summed E-state index contributed by atoms with van der Waals surface area (Å²) in [4.78, 5) is 26.6. The van der Waals surface area contributed by atoms with E-state index in [1.165, 1.54) is 18.2 Å². The molecule has 1 saturated heterocycles. The number of carbonyl (C=O) groups is 2. The van der Waals surface area contributed by atoms with Crippen molar-refractivity contribution in [3.05, 3.63) is 75.6 Å². The van der Waals surface area contributed by atoms with Gasteiger partial charge in [0.15, 0.2) is 11.5 Å². The molecule has 2 aliphatic rings. The van der Waals surface area contributed by atoms with Crippen LogP contribution in [0.5, 0.6) is 11.5 Å². The van der Waals surface area contributed by atoms with Gasteiger partial charge in [-0.2, -0.15) is 0 Å². The van der Waals surface area contributed by atoms with Gasteiger partial charge in [0.1, 0.15) is 17.3 Å². The predicted molar refractivity (Wildman–Crippen MR) is 113 cm³/mol. The lowest BCUT2D eigenvalue weighted by Crippen LogP contribution is -2.27. The topological polar surface area (TPSA) is 69.0 Å². The Labute approximate surface area is 185 Å². The molecule has 0 spiro atoms. The van der Waals surface area contributed by atoms with Crippen molar-refractivity contribution in [3.8, 4) is 22.8 Å². The van der Waals surface area contributed by atoms with Crippen molar-refractivity contribution in [2.45, 2.75) is 6.54 Å². The number of thioether (sulfide) groups is 1. The van der Waals surface area contributed by atoms with Gasteiger partial charge >= 0.3 is 0 Å². The second-order valence-corrected chi connectivity index (χ2v) is 8.17. The van der Waals surface area contributed by atoms with Crippen LogP contribution >= 0.6 is 23.4 Å². The molecule has 0 aliphatic carbocycles. The first-order chi connectivity index (χ1) is 15.0. The van der Waals surface area contributed by atoms with Gasteiger partial charge < -0.3 is 13.9 Å². The van der Waals surface area contributed by atoms with Crippen LogP contribution in [0.2, 0.25) is 5.02 Å². The van der Waals surface area contributed by atoms with Gasteiger partial charge in [-0.25, -0.2) is 4.39 Å². The lowest BCUT2D eigenvalue weighted by atomic mass is 10.2. The summed E-state index contributed by atoms with van der Waals surface area (Å²) in [6, 6.07) is 12.5. The number of imide groups is 1. The Morgan fingerprint density at radius 2 is 1.81 bits per heavy atom. The van der Waals surface area contributed by atoms with Crippen molar-refractivity contribution < 1.29 is 27.9 Å². The van der Waals surface area contributed by atoms with E-state index in [9.17, 15) is 14.0 Å². The molecule has 0 N–H and O–H groups in total. The molecule has 2 aromatic carbocycles. The number of furan rings is 1. The minimum absolute atomic E-state index is 0.0104. The first kappa shape index (κ1) is 19.7. The fourth-order valence-electron chi connectivity index (χ4n) is 3.22. The lowest BCUT2D eigenvalue weighted by Gasteiger charge is -2.14. The van der Waals surface area contributed by atoms with Crippen molar-refractivity contribution in [3.63, 3.8) is 0 Å². The van der Waals surface area contributed by atoms with E-state index in [0.717, 1.165) is 16.7 Å². The van der Waals surface area contributed by atoms with Gasteiger partial charge in [0.05, 0.1) is 11.4 Å². The summed E-state index contributed by atoms with van der Waals surface area (Å²) in [5.41, 5.74) is 1.28. The molecule has 9 heteroatoms. The summed E-state index contributed by atoms with van der Waals surface area (Å²) in [5, 5.41) is -0.0300. The molecule has 0 unspecified atom stereocenters. The molecule has 0 atom stereocenters. The van der Waals surface area contributed by atoms with Crippen LogP contribution in [0.4, 0.5) is 9.18 Å². The van der Waals surface area contributed by atoms with Crippen molar-refractivity contribution in [2.75, 3.05) is 6.79 Å². The average Bonchev–Trinajstić information content (AvgIpc) is 3.45. The molecule has 1 aromatic heterocycles. The highest BCUT2D eigenvalue weighted by Gasteiger charge is 2.36. The Kier molecular flexibility index (Phi) is 4.95. The van der Waals surface area contributed by atoms with Crippen molar-refractivity contribution in [1.29, 1.82) is 0 Å². The van der Waals surface area contributed by atoms with Gasteiger partial charge in [0.25, 0.3) is 11.1 Å². The highest BCUT2D eigenvalue weighted by molar-refractivity contribution is 8.18. The number of carbonyl (C=O) groups excluding carboxylic acids is 2. The van der Waals surface area contributed by atoms with E-state index in [1.807, 2.05) is 0 Å². The molecular weight excluding hydrogens is 445 g/mol. The average molecular weight is 458 g/mol. The molecule has 1 fully saturated rings. The van der Waals surface area contributed by atoms with Crippen LogP contribution < -0.4 is 9.47 Å². The van der Waals surface area contributed by atoms with Gasteiger partial charge in [-0.1, -0.05) is 11.6 Å². The molecular formula is C22H13ClFNO5S. The Balaban J connectivity index is 1.36. The van der Waals surface area contributed by atoms with Crippen LogP contribution in [0.15, 0.2) is 57.9 Å². The molecule has 0 saturated carbocycles. The highest BCUT2D eigenvalue weighted by atomic mass is 35.5. The zero-order valence-corrected chi connectivity index (χ0v) is 17.3. The highest BCUT2D eigenvalue weighted by Crippen LogP contribution is 2.39. The van der Waals surface area contributed by atoms with Gasteiger partial charge in [-0.05, 0) is 59.8 Å². The third kappa shape index (κ3) is 3.80. The van der Waals surface area contributed by atoms with Crippen LogP contribution in [0, 0.1) is 5.82 Å².